The zero-order valence-corrected chi connectivity index (χ0v) is 18.1. The van der Waals surface area contributed by atoms with Crippen LogP contribution in [0.3, 0.4) is 0 Å². The van der Waals surface area contributed by atoms with Gasteiger partial charge in [0.05, 0.1) is 17.3 Å². The van der Waals surface area contributed by atoms with E-state index >= 15 is 0 Å². The van der Waals surface area contributed by atoms with Crippen LogP contribution < -0.4 is 4.90 Å². The fraction of sp³-hybridized carbons (Fsp3) is 0.435. The molecule has 1 aliphatic heterocycles. The van der Waals surface area contributed by atoms with Gasteiger partial charge in [0, 0.05) is 26.2 Å². The van der Waals surface area contributed by atoms with Crippen LogP contribution in [0.1, 0.15) is 43.8 Å². The van der Waals surface area contributed by atoms with Gasteiger partial charge in [0.15, 0.2) is 5.82 Å². The highest BCUT2D eigenvalue weighted by molar-refractivity contribution is 5.48. The molecule has 3 aromatic rings. The van der Waals surface area contributed by atoms with E-state index < -0.39 is 0 Å². The van der Waals surface area contributed by atoms with Crippen molar-refractivity contribution in [3.05, 3.63) is 71.3 Å². The molecule has 0 unspecified atom stereocenters. The van der Waals surface area contributed by atoms with Crippen molar-refractivity contribution in [1.82, 2.24) is 25.1 Å². The van der Waals surface area contributed by atoms with Crippen LogP contribution in [0.5, 0.6) is 0 Å². The summed E-state index contributed by atoms with van der Waals surface area (Å²) in [4.78, 5) is 4.51. The average Bonchev–Trinajstić information content (AvgIpc) is 3.21. The van der Waals surface area contributed by atoms with Gasteiger partial charge >= 0.3 is 0 Å². The summed E-state index contributed by atoms with van der Waals surface area (Å²) in [5.74, 6) is 0.670. The van der Waals surface area contributed by atoms with E-state index in [1.807, 2.05) is 16.8 Å². The first-order chi connectivity index (χ1) is 14.3. The van der Waals surface area contributed by atoms with Crippen molar-refractivity contribution in [3.63, 3.8) is 0 Å². The molecule has 0 saturated carbocycles. The van der Waals surface area contributed by atoms with Gasteiger partial charge in [-0.25, -0.2) is 9.07 Å². The Morgan fingerprint density at radius 3 is 2.23 bits per heavy atom. The molecule has 158 valence electrons. The maximum atomic E-state index is 14.3. The second-order valence-electron chi connectivity index (χ2n) is 8.91. The van der Waals surface area contributed by atoms with Gasteiger partial charge in [-0.2, -0.15) is 0 Å². The molecule has 1 saturated heterocycles. The van der Waals surface area contributed by atoms with Crippen molar-refractivity contribution in [2.24, 2.45) is 0 Å². The van der Waals surface area contributed by atoms with Gasteiger partial charge < -0.3 is 4.90 Å². The molecule has 6 nitrogen and oxygen atoms in total. The molecule has 1 fully saturated rings. The number of nitrogens with zero attached hydrogens (tertiary/aromatic N) is 6. The number of tetrazole rings is 1. The number of hydrogen-bond donors (Lipinski definition) is 0. The highest BCUT2D eigenvalue weighted by Gasteiger charge is 2.33. The molecule has 2 aromatic carbocycles. The quantitative estimate of drug-likeness (QED) is 0.657. The summed E-state index contributed by atoms with van der Waals surface area (Å²) in [6, 6.07) is 15.5. The van der Waals surface area contributed by atoms with Gasteiger partial charge in [0.25, 0.3) is 0 Å². The molecule has 0 aliphatic carbocycles. The SMILES string of the molecule is Cc1ccc([C@H](c2nnnn2C(C)(C)C)N2CCN(c3ccccc3F)CC2)cc1. The predicted octanol–water partition coefficient (Wildman–Crippen LogP) is 3.79. The summed E-state index contributed by atoms with van der Waals surface area (Å²) in [6.07, 6.45) is 0. The molecule has 2 heterocycles. The van der Waals surface area contributed by atoms with Crippen LogP contribution in [0, 0.1) is 12.7 Å². The lowest BCUT2D eigenvalue weighted by Crippen LogP contribution is -2.49. The Morgan fingerprint density at radius 2 is 1.60 bits per heavy atom. The third-order valence-electron chi connectivity index (χ3n) is 5.64. The normalized spacial score (nSPS) is 16.6. The number of hydrogen-bond acceptors (Lipinski definition) is 5. The third-order valence-corrected chi connectivity index (χ3v) is 5.64. The summed E-state index contributed by atoms with van der Waals surface area (Å²) in [5, 5.41) is 12.7. The van der Waals surface area contributed by atoms with Gasteiger partial charge in [-0.1, -0.05) is 42.0 Å². The first kappa shape index (κ1) is 20.5. The van der Waals surface area contributed by atoms with E-state index in [9.17, 15) is 4.39 Å². The molecule has 4 rings (SSSR count). The van der Waals surface area contributed by atoms with Gasteiger partial charge in [-0.05, 0) is 55.8 Å². The number of piperazine rings is 1. The molecular formula is C23H29FN6. The largest absolute Gasteiger partial charge is 0.367 e. The lowest BCUT2D eigenvalue weighted by atomic mass is 10.0. The smallest absolute Gasteiger partial charge is 0.173 e. The Kier molecular flexibility index (Phi) is 5.56. The summed E-state index contributed by atoms with van der Waals surface area (Å²) in [7, 11) is 0. The van der Waals surface area contributed by atoms with Crippen LogP contribution in [-0.4, -0.2) is 51.3 Å². The van der Waals surface area contributed by atoms with Crippen LogP contribution >= 0.6 is 0 Å². The predicted molar refractivity (Wildman–Crippen MR) is 116 cm³/mol. The number of rotatable bonds is 4. The van der Waals surface area contributed by atoms with Crippen molar-refractivity contribution < 1.29 is 4.39 Å². The van der Waals surface area contributed by atoms with Gasteiger partial charge in [0.1, 0.15) is 5.82 Å². The van der Waals surface area contributed by atoms with Crippen LogP contribution in [-0.2, 0) is 5.54 Å². The van der Waals surface area contributed by atoms with Crippen molar-refractivity contribution in [3.8, 4) is 0 Å². The minimum absolute atomic E-state index is 0.0532. The summed E-state index contributed by atoms with van der Waals surface area (Å²) >= 11 is 0. The molecule has 0 radical (unpaired) electrons. The first-order valence-electron chi connectivity index (χ1n) is 10.4. The second-order valence-corrected chi connectivity index (χ2v) is 8.91. The number of anilines is 1. The molecule has 0 bridgehead atoms. The molecule has 1 aliphatic rings. The highest BCUT2D eigenvalue weighted by atomic mass is 19.1. The molecule has 0 amide bonds. The Balaban J connectivity index is 1.64. The van der Waals surface area contributed by atoms with E-state index in [-0.39, 0.29) is 17.4 Å². The van der Waals surface area contributed by atoms with E-state index in [4.69, 9.17) is 0 Å². The van der Waals surface area contributed by atoms with E-state index in [0.717, 1.165) is 32.0 Å². The van der Waals surface area contributed by atoms with Crippen molar-refractivity contribution in [1.29, 1.82) is 0 Å². The van der Waals surface area contributed by atoms with Gasteiger partial charge in [0.2, 0.25) is 0 Å². The number of aromatic nitrogens is 4. The maximum absolute atomic E-state index is 14.3. The minimum atomic E-state index is -0.225. The first-order valence-corrected chi connectivity index (χ1v) is 10.4. The third kappa shape index (κ3) is 4.07. The maximum Gasteiger partial charge on any atom is 0.173 e. The topological polar surface area (TPSA) is 50.1 Å². The fourth-order valence-corrected chi connectivity index (χ4v) is 4.04. The highest BCUT2D eigenvalue weighted by Crippen LogP contribution is 2.31. The van der Waals surface area contributed by atoms with E-state index in [2.05, 4.69) is 77.3 Å². The zero-order valence-electron chi connectivity index (χ0n) is 18.1. The molecule has 1 atom stereocenters. The average molecular weight is 409 g/mol. The van der Waals surface area contributed by atoms with Gasteiger partial charge in [-0.15, -0.1) is 5.10 Å². The molecule has 0 spiro atoms. The van der Waals surface area contributed by atoms with Crippen molar-refractivity contribution in [2.45, 2.75) is 39.3 Å². The van der Waals surface area contributed by atoms with Crippen molar-refractivity contribution in [2.75, 3.05) is 31.1 Å². The number of benzene rings is 2. The Hall–Kier alpha value is -2.80. The summed E-state index contributed by atoms with van der Waals surface area (Å²) in [5.41, 5.74) is 2.83. The zero-order chi connectivity index (χ0) is 21.3. The molecule has 7 heteroatoms. The molecule has 1 aromatic heterocycles. The van der Waals surface area contributed by atoms with Crippen LogP contribution in [0.2, 0.25) is 0 Å². The van der Waals surface area contributed by atoms with E-state index in [1.54, 1.807) is 6.07 Å². The van der Waals surface area contributed by atoms with Gasteiger partial charge in [-0.3, -0.25) is 4.90 Å². The number of aryl methyl sites for hydroxylation is 1. The van der Waals surface area contributed by atoms with E-state index in [1.165, 1.54) is 17.2 Å². The van der Waals surface area contributed by atoms with Crippen LogP contribution in [0.15, 0.2) is 48.5 Å². The summed E-state index contributed by atoms with van der Waals surface area (Å²) < 4.78 is 16.2. The Bertz CT molecular complexity index is 983. The summed E-state index contributed by atoms with van der Waals surface area (Å²) in [6.45, 7) is 11.5. The van der Waals surface area contributed by atoms with Crippen LogP contribution in [0.25, 0.3) is 0 Å². The Labute approximate surface area is 177 Å². The molecule has 0 N–H and O–H groups in total. The van der Waals surface area contributed by atoms with E-state index in [0.29, 0.717) is 5.69 Å². The minimum Gasteiger partial charge on any atom is -0.367 e. The van der Waals surface area contributed by atoms with Crippen molar-refractivity contribution >= 4 is 5.69 Å². The number of para-hydroxylation sites is 1. The monoisotopic (exact) mass is 408 g/mol. The number of halogens is 1. The molecular weight excluding hydrogens is 379 g/mol. The lowest BCUT2D eigenvalue weighted by molar-refractivity contribution is 0.191. The lowest BCUT2D eigenvalue weighted by Gasteiger charge is -2.40. The standard InChI is InChI=1S/C23H29FN6/c1-17-9-11-18(12-10-17)21(22-25-26-27-30(22)23(2,3)4)29-15-13-28(14-16-29)20-8-6-5-7-19(20)24/h5-12,21H,13-16H2,1-4H3/t21-/m1/s1. The fourth-order valence-electron chi connectivity index (χ4n) is 4.04. The molecule has 30 heavy (non-hydrogen) atoms. The second kappa shape index (κ2) is 8.14. The van der Waals surface area contributed by atoms with Crippen LogP contribution in [0.4, 0.5) is 10.1 Å². The Morgan fingerprint density at radius 1 is 0.933 bits per heavy atom.